The molecule has 0 aliphatic rings. The van der Waals surface area contributed by atoms with Gasteiger partial charge in [-0.2, -0.15) is 5.10 Å². The molecule has 4 nitrogen and oxygen atoms in total. The van der Waals surface area contributed by atoms with Crippen LogP contribution in [-0.4, -0.2) is 21.5 Å². The van der Waals surface area contributed by atoms with E-state index in [1.807, 2.05) is 0 Å². The van der Waals surface area contributed by atoms with Crippen LogP contribution in [0.3, 0.4) is 0 Å². The Morgan fingerprint density at radius 3 is 2.73 bits per heavy atom. The van der Waals surface area contributed by atoms with Crippen LogP contribution >= 0.6 is 11.6 Å². The van der Waals surface area contributed by atoms with E-state index in [1.54, 1.807) is 6.92 Å². The second-order valence-electron chi connectivity index (χ2n) is 2.23. The predicted molar refractivity (Wildman–Crippen MR) is 43.5 cm³/mol. The van der Waals surface area contributed by atoms with Crippen molar-refractivity contribution >= 4 is 17.4 Å². The van der Waals surface area contributed by atoms with Gasteiger partial charge in [0.15, 0.2) is 0 Å². The molecule has 0 aliphatic carbocycles. The molecule has 1 rings (SSSR count). The summed E-state index contributed by atoms with van der Waals surface area (Å²) in [7, 11) is 0. The summed E-state index contributed by atoms with van der Waals surface area (Å²) in [5.74, 6) is 0.415. The number of hydrogen-bond acceptors (Lipinski definition) is 3. The number of nitrogens with two attached hydrogens (primary N) is 1. The number of aromatic nitrogens is 2. The molecule has 0 atom stereocenters. The molecule has 0 saturated heterocycles. The molecule has 1 aromatic rings. The van der Waals surface area contributed by atoms with Crippen LogP contribution in [0.5, 0.6) is 0 Å². The second kappa shape index (κ2) is 3.11. The lowest BCUT2D eigenvalue weighted by Crippen LogP contribution is -2.07. The maximum atomic E-state index is 8.58. The lowest BCUT2D eigenvalue weighted by Gasteiger charge is -1.98. The van der Waals surface area contributed by atoms with Crippen LogP contribution in [0.25, 0.3) is 0 Å². The first kappa shape index (κ1) is 8.36. The standard InChI is InChI=1S/C6H10ClN3O/c1-4-5(7)6(8)10(9-4)2-3-11/h11H,2-3,8H2,1H3. The summed E-state index contributed by atoms with van der Waals surface area (Å²) in [6, 6.07) is 0. The molecule has 0 unspecified atom stereocenters. The number of nitrogens with zero attached hydrogens (tertiary/aromatic N) is 2. The monoisotopic (exact) mass is 175 g/mol. The Balaban J connectivity index is 2.98. The molecule has 11 heavy (non-hydrogen) atoms. The van der Waals surface area contributed by atoms with Crippen LogP contribution in [0, 0.1) is 6.92 Å². The second-order valence-corrected chi connectivity index (χ2v) is 2.61. The third-order valence-corrected chi connectivity index (χ3v) is 1.87. The van der Waals surface area contributed by atoms with E-state index >= 15 is 0 Å². The lowest BCUT2D eigenvalue weighted by molar-refractivity contribution is 0.270. The highest BCUT2D eigenvalue weighted by Crippen LogP contribution is 2.21. The number of halogens is 1. The van der Waals surface area contributed by atoms with E-state index in [1.165, 1.54) is 4.68 Å². The summed E-state index contributed by atoms with van der Waals surface area (Å²) in [5, 5.41) is 13.1. The fraction of sp³-hybridized carbons (Fsp3) is 0.500. The van der Waals surface area contributed by atoms with Gasteiger partial charge in [-0.05, 0) is 6.92 Å². The molecule has 0 spiro atoms. The van der Waals surface area contributed by atoms with Gasteiger partial charge in [-0.1, -0.05) is 11.6 Å². The Morgan fingerprint density at radius 1 is 1.73 bits per heavy atom. The van der Waals surface area contributed by atoms with Crippen molar-refractivity contribution < 1.29 is 5.11 Å². The molecule has 0 radical (unpaired) electrons. The van der Waals surface area contributed by atoms with Gasteiger partial charge in [0.2, 0.25) is 0 Å². The third kappa shape index (κ3) is 1.46. The van der Waals surface area contributed by atoms with Crippen LogP contribution in [0.2, 0.25) is 5.02 Å². The fourth-order valence-corrected chi connectivity index (χ4v) is 0.978. The Bertz CT molecular complexity index is 259. The molecule has 3 N–H and O–H groups in total. The highest BCUT2D eigenvalue weighted by molar-refractivity contribution is 6.33. The summed E-state index contributed by atoms with van der Waals surface area (Å²) in [4.78, 5) is 0. The molecule has 5 heteroatoms. The van der Waals surface area contributed by atoms with E-state index < -0.39 is 0 Å². The van der Waals surface area contributed by atoms with Crippen molar-refractivity contribution in [1.29, 1.82) is 0 Å². The van der Waals surface area contributed by atoms with Crippen LogP contribution in [0.1, 0.15) is 5.69 Å². The number of aliphatic hydroxyl groups excluding tert-OH is 1. The van der Waals surface area contributed by atoms with E-state index in [0.717, 1.165) is 0 Å². The Hall–Kier alpha value is -0.740. The number of aliphatic hydroxyl groups is 1. The van der Waals surface area contributed by atoms with Gasteiger partial charge in [-0.15, -0.1) is 0 Å². The Kier molecular flexibility index (Phi) is 2.36. The van der Waals surface area contributed by atoms with Gasteiger partial charge >= 0.3 is 0 Å². The van der Waals surface area contributed by atoms with E-state index in [4.69, 9.17) is 22.4 Å². The van der Waals surface area contributed by atoms with Gasteiger partial charge < -0.3 is 10.8 Å². The average Bonchev–Trinajstić information content (AvgIpc) is 2.19. The van der Waals surface area contributed by atoms with Gasteiger partial charge in [0.05, 0.1) is 18.8 Å². The zero-order chi connectivity index (χ0) is 8.43. The first-order valence-electron chi connectivity index (χ1n) is 3.26. The molecule has 0 aliphatic heterocycles. The molecule has 0 aromatic carbocycles. The molecule has 0 saturated carbocycles. The highest BCUT2D eigenvalue weighted by atomic mass is 35.5. The summed E-state index contributed by atoms with van der Waals surface area (Å²) < 4.78 is 1.48. The molecule has 62 valence electrons. The molecular weight excluding hydrogens is 166 g/mol. The quantitative estimate of drug-likeness (QED) is 0.685. The minimum Gasteiger partial charge on any atom is -0.394 e. The largest absolute Gasteiger partial charge is 0.394 e. The number of anilines is 1. The number of aryl methyl sites for hydroxylation is 1. The molecule has 0 amide bonds. The van der Waals surface area contributed by atoms with Crippen molar-refractivity contribution in [2.75, 3.05) is 12.3 Å². The van der Waals surface area contributed by atoms with Gasteiger partial charge in [0, 0.05) is 0 Å². The highest BCUT2D eigenvalue weighted by Gasteiger charge is 2.08. The maximum absolute atomic E-state index is 8.58. The van der Waals surface area contributed by atoms with Gasteiger partial charge in [-0.25, -0.2) is 4.68 Å². The van der Waals surface area contributed by atoms with Crippen LogP contribution in [0.15, 0.2) is 0 Å². The summed E-state index contributed by atoms with van der Waals surface area (Å²) >= 11 is 5.74. The van der Waals surface area contributed by atoms with Crippen molar-refractivity contribution in [2.45, 2.75) is 13.5 Å². The average molecular weight is 176 g/mol. The Morgan fingerprint density at radius 2 is 2.36 bits per heavy atom. The van der Waals surface area contributed by atoms with Crippen LogP contribution < -0.4 is 5.73 Å². The maximum Gasteiger partial charge on any atom is 0.140 e. The topological polar surface area (TPSA) is 64.1 Å². The molecular formula is C6H10ClN3O. The zero-order valence-corrected chi connectivity index (χ0v) is 6.97. The summed E-state index contributed by atoms with van der Waals surface area (Å²) in [6.07, 6.45) is 0. The lowest BCUT2D eigenvalue weighted by atomic mass is 10.5. The zero-order valence-electron chi connectivity index (χ0n) is 6.21. The van der Waals surface area contributed by atoms with Crippen molar-refractivity contribution in [2.24, 2.45) is 0 Å². The number of hydrogen-bond donors (Lipinski definition) is 2. The Labute approximate surface area is 69.6 Å². The summed E-state index contributed by atoms with van der Waals surface area (Å²) in [5.41, 5.74) is 6.24. The van der Waals surface area contributed by atoms with E-state index in [0.29, 0.717) is 23.1 Å². The van der Waals surface area contributed by atoms with Gasteiger partial charge in [0.1, 0.15) is 10.8 Å². The SMILES string of the molecule is Cc1nn(CCO)c(N)c1Cl. The first-order valence-corrected chi connectivity index (χ1v) is 3.64. The predicted octanol–water partition coefficient (Wildman–Crippen LogP) is 0.419. The fourth-order valence-electron chi connectivity index (χ4n) is 0.843. The van der Waals surface area contributed by atoms with E-state index in [2.05, 4.69) is 5.10 Å². The molecule has 1 heterocycles. The smallest absolute Gasteiger partial charge is 0.140 e. The normalized spacial score (nSPS) is 10.5. The van der Waals surface area contributed by atoms with Crippen molar-refractivity contribution in [3.63, 3.8) is 0 Å². The first-order chi connectivity index (χ1) is 5.16. The minimum absolute atomic E-state index is 0.0155. The number of rotatable bonds is 2. The van der Waals surface area contributed by atoms with Crippen LogP contribution in [0.4, 0.5) is 5.82 Å². The third-order valence-electron chi connectivity index (χ3n) is 1.40. The van der Waals surface area contributed by atoms with E-state index in [9.17, 15) is 0 Å². The van der Waals surface area contributed by atoms with Crippen LogP contribution in [-0.2, 0) is 6.54 Å². The van der Waals surface area contributed by atoms with Gasteiger partial charge in [-0.3, -0.25) is 0 Å². The van der Waals surface area contributed by atoms with Crippen molar-refractivity contribution in [1.82, 2.24) is 9.78 Å². The minimum atomic E-state index is 0.0155. The molecule has 0 fully saturated rings. The van der Waals surface area contributed by atoms with Crippen molar-refractivity contribution in [3.05, 3.63) is 10.7 Å². The summed E-state index contributed by atoms with van der Waals surface area (Å²) in [6.45, 7) is 2.17. The molecule has 0 bridgehead atoms. The van der Waals surface area contributed by atoms with Crippen molar-refractivity contribution in [3.8, 4) is 0 Å². The molecule has 1 aromatic heterocycles. The number of nitrogen functional groups attached to an aromatic ring is 1. The van der Waals surface area contributed by atoms with E-state index in [-0.39, 0.29) is 6.61 Å². The van der Waals surface area contributed by atoms with Gasteiger partial charge in [0.25, 0.3) is 0 Å².